The third-order valence-corrected chi connectivity index (χ3v) is 4.25. The first kappa shape index (κ1) is 18.2. The molecular weight excluding hydrogens is 352 g/mol. The van der Waals surface area contributed by atoms with Crippen molar-refractivity contribution in [1.29, 1.82) is 0 Å². The predicted molar refractivity (Wildman–Crippen MR) is 104 cm³/mol. The van der Waals surface area contributed by atoms with Crippen LogP contribution < -0.4 is 4.74 Å². The van der Waals surface area contributed by atoms with Crippen molar-refractivity contribution in [3.05, 3.63) is 65.7 Å². The summed E-state index contributed by atoms with van der Waals surface area (Å²) in [6.07, 6.45) is -0.777. The van der Waals surface area contributed by atoms with Gasteiger partial charge in [-0.15, -0.1) is 0 Å². The van der Waals surface area contributed by atoms with E-state index in [2.05, 4.69) is 6.58 Å². The van der Waals surface area contributed by atoms with E-state index in [1.165, 1.54) is 0 Å². The highest BCUT2D eigenvalue weighted by Gasteiger charge is 2.17. The Kier molecular flexibility index (Phi) is 5.45. The number of fused-ring (bicyclic) bond motifs is 2. The second-order valence-electron chi connectivity index (χ2n) is 6.09. The van der Waals surface area contributed by atoms with Crippen molar-refractivity contribution in [3.63, 3.8) is 0 Å². The Morgan fingerprint density at radius 2 is 1.88 bits per heavy atom. The molecule has 0 saturated carbocycles. The summed E-state index contributed by atoms with van der Waals surface area (Å²) < 4.78 is 11.2. The van der Waals surface area contributed by atoms with Gasteiger partial charge in [-0.3, -0.25) is 0 Å². The normalized spacial score (nSPS) is 12.1. The summed E-state index contributed by atoms with van der Waals surface area (Å²) in [6, 6.07) is 15.5. The average Bonchev–Trinajstić information content (AvgIpc) is 2.63. The number of ether oxygens (including phenoxy) is 2. The first-order valence-corrected chi connectivity index (χ1v) is 8.58. The van der Waals surface area contributed by atoms with Gasteiger partial charge in [0.05, 0.1) is 6.61 Å². The van der Waals surface area contributed by atoms with Gasteiger partial charge in [-0.25, -0.2) is 4.79 Å². The second-order valence-corrected chi connectivity index (χ2v) is 6.53. The van der Waals surface area contributed by atoms with Crippen LogP contribution in [0.5, 0.6) is 5.75 Å². The Morgan fingerprint density at radius 1 is 1.15 bits per heavy atom. The summed E-state index contributed by atoms with van der Waals surface area (Å²) in [4.78, 5) is 11.7. The number of carbonyl (C=O) groups excluding carboxylic acids is 1. The van der Waals surface area contributed by atoms with Crippen molar-refractivity contribution in [2.45, 2.75) is 13.0 Å². The fourth-order valence-electron chi connectivity index (χ4n) is 2.71. The Labute approximate surface area is 156 Å². The predicted octanol–water partition coefficient (Wildman–Crippen LogP) is 4.51. The van der Waals surface area contributed by atoms with Gasteiger partial charge in [-0.1, -0.05) is 42.4 Å². The molecule has 0 spiro atoms. The van der Waals surface area contributed by atoms with E-state index in [0.29, 0.717) is 10.8 Å². The van der Waals surface area contributed by atoms with E-state index >= 15 is 0 Å². The lowest BCUT2D eigenvalue weighted by atomic mass is 10.0. The number of aliphatic hydroxyl groups is 1. The smallest absolute Gasteiger partial charge is 0.333 e. The van der Waals surface area contributed by atoms with Gasteiger partial charge in [0.25, 0.3) is 0 Å². The molecule has 0 aliphatic rings. The fraction of sp³-hybridized carbons (Fsp3) is 0.190. The molecule has 3 aromatic carbocycles. The maximum Gasteiger partial charge on any atom is 0.333 e. The van der Waals surface area contributed by atoms with Crippen LogP contribution >= 0.6 is 11.6 Å². The van der Waals surface area contributed by atoms with Crippen LogP contribution in [-0.4, -0.2) is 30.4 Å². The van der Waals surface area contributed by atoms with Gasteiger partial charge in [-0.2, -0.15) is 0 Å². The van der Waals surface area contributed by atoms with E-state index < -0.39 is 12.1 Å². The number of aliphatic hydroxyl groups excluding tert-OH is 1. The minimum Gasteiger partial charge on any atom is -0.488 e. The Hall–Kier alpha value is -2.56. The molecule has 26 heavy (non-hydrogen) atoms. The van der Waals surface area contributed by atoms with Crippen molar-refractivity contribution in [2.24, 2.45) is 0 Å². The first-order chi connectivity index (χ1) is 12.5. The molecule has 0 fully saturated rings. The van der Waals surface area contributed by atoms with Crippen LogP contribution in [0.15, 0.2) is 60.7 Å². The quantitative estimate of drug-likeness (QED) is 0.394. The van der Waals surface area contributed by atoms with Crippen molar-refractivity contribution in [1.82, 2.24) is 0 Å². The molecule has 0 aliphatic carbocycles. The van der Waals surface area contributed by atoms with Gasteiger partial charge in [0.15, 0.2) is 6.10 Å². The topological polar surface area (TPSA) is 55.8 Å². The molecule has 0 saturated heterocycles. The largest absolute Gasteiger partial charge is 0.488 e. The summed E-state index contributed by atoms with van der Waals surface area (Å²) in [5, 5.41) is 13.9. The summed E-state index contributed by atoms with van der Waals surface area (Å²) in [6.45, 7) is 4.79. The van der Waals surface area contributed by atoms with E-state index in [4.69, 9.17) is 21.1 Å². The zero-order chi connectivity index (χ0) is 18.7. The van der Waals surface area contributed by atoms with Crippen LogP contribution in [0.2, 0.25) is 5.02 Å². The van der Waals surface area contributed by atoms with Gasteiger partial charge in [0, 0.05) is 21.4 Å². The number of benzene rings is 3. The minimum atomic E-state index is -0.777. The Morgan fingerprint density at radius 3 is 2.62 bits per heavy atom. The highest BCUT2D eigenvalue weighted by Crippen LogP contribution is 2.36. The van der Waals surface area contributed by atoms with Crippen LogP contribution in [0.4, 0.5) is 0 Å². The molecular formula is C21H19ClO4. The maximum absolute atomic E-state index is 11.7. The van der Waals surface area contributed by atoms with E-state index in [-0.39, 0.29) is 18.8 Å². The molecule has 0 radical (unpaired) electrons. The molecule has 4 nitrogen and oxygen atoms in total. The molecule has 5 heteroatoms. The summed E-state index contributed by atoms with van der Waals surface area (Å²) in [5.41, 5.74) is 0.272. The van der Waals surface area contributed by atoms with Gasteiger partial charge in [0.1, 0.15) is 12.4 Å². The lowest BCUT2D eigenvalue weighted by Gasteiger charge is -2.18. The monoisotopic (exact) mass is 370 g/mol. The minimum absolute atomic E-state index is 0.0290. The SMILES string of the molecule is C=C(C)C(=O)OC(CO)COc1c2ccccc2cc2cc(Cl)ccc12. The number of carbonyl (C=O) groups is 1. The molecule has 1 unspecified atom stereocenters. The number of hydrogen-bond acceptors (Lipinski definition) is 4. The van der Waals surface area contributed by atoms with Crippen LogP contribution in [0.1, 0.15) is 6.92 Å². The summed E-state index contributed by atoms with van der Waals surface area (Å²) in [7, 11) is 0. The molecule has 0 heterocycles. The van der Waals surface area contributed by atoms with Crippen LogP contribution in [0, 0.1) is 0 Å². The molecule has 3 rings (SSSR count). The lowest BCUT2D eigenvalue weighted by Crippen LogP contribution is -2.28. The van der Waals surface area contributed by atoms with Crippen molar-refractivity contribution in [2.75, 3.05) is 13.2 Å². The molecule has 1 N–H and O–H groups in total. The van der Waals surface area contributed by atoms with E-state index in [0.717, 1.165) is 21.5 Å². The van der Waals surface area contributed by atoms with Crippen molar-refractivity contribution in [3.8, 4) is 5.75 Å². The second kappa shape index (κ2) is 7.77. The van der Waals surface area contributed by atoms with Gasteiger partial charge in [-0.05, 0) is 42.0 Å². The third-order valence-electron chi connectivity index (χ3n) is 4.01. The zero-order valence-corrected chi connectivity index (χ0v) is 15.1. The standard InChI is InChI=1S/C21H19ClO4/c1-13(2)21(24)26-17(11-23)12-25-20-18-6-4-3-5-14(18)9-15-10-16(22)7-8-19(15)20/h3-10,17,23H,1,11-12H2,2H3. The van der Waals surface area contributed by atoms with E-state index in [9.17, 15) is 9.90 Å². The van der Waals surface area contributed by atoms with Crippen molar-refractivity contribution < 1.29 is 19.4 Å². The molecule has 0 amide bonds. The van der Waals surface area contributed by atoms with Gasteiger partial charge < -0.3 is 14.6 Å². The number of halogens is 1. The molecule has 134 valence electrons. The molecule has 1 atom stereocenters. The van der Waals surface area contributed by atoms with E-state index in [1.807, 2.05) is 42.5 Å². The average molecular weight is 371 g/mol. The zero-order valence-electron chi connectivity index (χ0n) is 14.4. The Balaban J connectivity index is 1.97. The summed E-state index contributed by atoms with van der Waals surface area (Å²) >= 11 is 6.12. The van der Waals surface area contributed by atoms with Crippen LogP contribution in [-0.2, 0) is 9.53 Å². The molecule has 3 aromatic rings. The summed E-state index contributed by atoms with van der Waals surface area (Å²) in [5.74, 6) is 0.113. The third kappa shape index (κ3) is 3.82. The maximum atomic E-state index is 11.7. The van der Waals surface area contributed by atoms with Crippen LogP contribution in [0.25, 0.3) is 21.5 Å². The number of esters is 1. The molecule has 0 aliphatic heterocycles. The highest BCUT2D eigenvalue weighted by molar-refractivity contribution is 6.31. The number of hydrogen-bond donors (Lipinski definition) is 1. The Bertz CT molecular complexity index is 980. The fourth-order valence-corrected chi connectivity index (χ4v) is 2.89. The van der Waals surface area contributed by atoms with Gasteiger partial charge in [0.2, 0.25) is 0 Å². The molecule has 0 aromatic heterocycles. The highest BCUT2D eigenvalue weighted by atomic mass is 35.5. The van der Waals surface area contributed by atoms with E-state index in [1.54, 1.807) is 13.0 Å². The molecule has 0 bridgehead atoms. The number of rotatable bonds is 6. The lowest BCUT2D eigenvalue weighted by molar-refractivity contribution is -0.147. The van der Waals surface area contributed by atoms with Crippen LogP contribution in [0.3, 0.4) is 0 Å². The van der Waals surface area contributed by atoms with Crippen molar-refractivity contribution >= 4 is 39.1 Å². The van der Waals surface area contributed by atoms with Gasteiger partial charge >= 0.3 is 5.97 Å². The first-order valence-electron chi connectivity index (χ1n) is 8.20.